The van der Waals surface area contributed by atoms with Gasteiger partial charge in [-0.05, 0) is 6.20 Å². The Balaban J connectivity index is 0.000000810. The molecule has 0 aromatic heterocycles. The van der Waals surface area contributed by atoms with Crippen LogP contribution in [0.2, 0.25) is 0 Å². The van der Waals surface area contributed by atoms with Crippen molar-refractivity contribution in [1.82, 2.24) is 5.32 Å². The molecule has 0 bridgehead atoms. The van der Waals surface area contributed by atoms with E-state index in [4.69, 9.17) is 0 Å². The summed E-state index contributed by atoms with van der Waals surface area (Å²) in [6.07, 6.45) is 5.05. The SMILES string of the molecule is [CH2-]CC1CNC=CC1[CH2-].[Y]. The van der Waals surface area contributed by atoms with Crippen LogP contribution < -0.4 is 5.32 Å². The van der Waals surface area contributed by atoms with Crippen LogP contribution in [0.4, 0.5) is 0 Å². The van der Waals surface area contributed by atoms with Gasteiger partial charge in [-0.25, -0.2) is 0 Å². The zero-order valence-corrected chi connectivity index (χ0v) is 9.05. The second-order valence-electron chi connectivity index (χ2n) is 2.48. The summed E-state index contributed by atoms with van der Waals surface area (Å²) in [4.78, 5) is 0. The van der Waals surface area contributed by atoms with Crippen LogP contribution in [-0.4, -0.2) is 6.54 Å². The van der Waals surface area contributed by atoms with Crippen molar-refractivity contribution in [2.45, 2.75) is 6.42 Å². The molecule has 2 atom stereocenters. The normalized spacial score (nSPS) is 30.6. The fraction of sp³-hybridized carbons (Fsp3) is 0.500. The van der Waals surface area contributed by atoms with E-state index in [2.05, 4.69) is 25.2 Å². The maximum atomic E-state index is 3.98. The van der Waals surface area contributed by atoms with Gasteiger partial charge < -0.3 is 19.2 Å². The van der Waals surface area contributed by atoms with Crippen molar-refractivity contribution in [2.24, 2.45) is 11.8 Å². The molecule has 1 aliphatic rings. The zero-order chi connectivity index (χ0) is 6.69. The van der Waals surface area contributed by atoms with E-state index in [9.17, 15) is 0 Å². The summed E-state index contributed by atoms with van der Waals surface area (Å²) < 4.78 is 0. The third-order valence-electron chi connectivity index (χ3n) is 1.82. The van der Waals surface area contributed by atoms with Crippen molar-refractivity contribution in [3.63, 3.8) is 0 Å². The molecule has 55 valence electrons. The smallest absolute Gasteiger partial charge is 0.0126 e. The molecule has 1 rings (SSSR count). The molecule has 0 saturated carbocycles. The molecule has 1 aliphatic heterocycles. The molecule has 0 aromatic rings. The van der Waals surface area contributed by atoms with Crippen LogP contribution in [0.15, 0.2) is 12.3 Å². The third kappa shape index (κ3) is 2.71. The van der Waals surface area contributed by atoms with Gasteiger partial charge in [0.15, 0.2) is 0 Å². The molecule has 1 N–H and O–H groups in total. The number of allylic oxidation sites excluding steroid dienone is 1. The Hall–Kier alpha value is 0.644. The molecule has 0 spiro atoms. The van der Waals surface area contributed by atoms with Crippen LogP contribution in [-0.2, 0) is 32.7 Å². The van der Waals surface area contributed by atoms with E-state index >= 15 is 0 Å². The Morgan fingerprint density at radius 1 is 1.60 bits per heavy atom. The maximum Gasteiger partial charge on any atom is 0.0126 e. The van der Waals surface area contributed by atoms with Gasteiger partial charge >= 0.3 is 0 Å². The van der Waals surface area contributed by atoms with Gasteiger partial charge in [0.25, 0.3) is 0 Å². The number of nitrogens with one attached hydrogen (secondary N) is 1. The molecular weight excluding hydrogens is 199 g/mol. The average molecular weight is 212 g/mol. The van der Waals surface area contributed by atoms with Crippen molar-refractivity contribution in [2.75, 3.05) is 6.54 Å². The molecule has 0 aromatic carbocycles. The molecule has 1 nitrogen and oxygen atoms in total. The van der Waals surface area contributed by atoms with E-state index in [1.165, 1.54) is 0 Å². The summed E-state index contributed by atoms with van der Waals surface area (Å²) in [5.74, 6) is 1.10. The van der Waals surface area contributed by atoms with Gasteiger partial charge in [0, 0.05) is 39.3 Å². The van der Waals surface area contributed by atoms with E-state index in [1.807, 2.05) is 6.20 Å². The number of hydrogen-bond acceptors (Lipinski definition) is 1. The van der Waals surface area contributed by atoms with Crippen LogP contribution in [0.3, 0.4) is 0 Å². The standard InChI is InChI=1S/C8H13N.Y/c1-3-8-6-9-5-4-7(8)2;/h4-5,7-9H,1-3,6H2;/q-2;. The minimum absolute atomic E-state index is 0. The Morgan fingerprint density at radius 3 is 2.70 bits per heavy atom. The average Bonchev–Trinajstić information content (AvgIpc) is 1.89. The first-order valence-electron chi connectivity index (χ1n) is 3.37. The van der Waals surface area contributed by atoms with Gasteiger partial charge in [0.2, 0.25) is 0 Å². The fourth-order valence-electron chi connectivity index (χ4n) is 1.04. The van der Waals surface area contributed by atoms with Crippen molar-refractivity contribution in [3.8, 4) is 0 Å². The first kappa shape index (κ1) is 10.6. The molecular formula is C8H13NY-2. The predicted molar refractivity (Wildman–Crippen MR) is 39.5 cm³/mol. The van der Waals surface area contributed by atoms with E-state index in [0.29, 0.717) is 11.8 Å². The Morgan fingerprint density at radius 2 is 2.30 bits per heavy atom. The maximum absolute atomic E-state index is 3.98. The molecule has 1 heterocycles. The Bertz CT molecular complexity index is 112. The molecule has 2 heteroatoms. The fourth-order valence-corrected chi connectivity index (χ4v) is 1.04. The van der Waals surface area contributed by atoms with E-state index in [-0.39, 0.29) is 32.7 Å². The van der Waals surface area contributed by atoms with Crippen molar-refractivity contribution >= 4 is 0 Å². The van der Waals surface area contributed by atoms with Crippen LogP contribution in [0.1, 0.15) is 6.42 Å². The summed E-state index contributed by atoms with van der Waals surface area (Å²) in [7, 11) is 0. The number of hydrogen-bond donors (Lipinski definition) is 1. The summed E-state index contributed by atoms with van der Waals surface area (Å²) in [5, 5.41) is 3.16. The van der Waals surface area contributed by atoms with Gasteiger partial charge in [-0.15, -0.1) is 5.92 Å². The topological polar surface area (TPSA) is 12.0 Å². The first-order valence-corrected chi connectivity index (χ1v) is 3.37. The van der Waals surface area contributed by atoms with Gasteiger partial charge in [-0.2, -0.15) is 6.42 Å². The summed E-state index contributed by atoms with van der Waals surface area (Å²) in [6, 6.07) is 0. The van der Waals surface area contributed by atoms with Gasteiger partial charge in [-0.3, -0.25) is 0 Å². The van der Waals surface area contributed by atoms with Crippen LogP contribution in [0.5, 0.6) is 0 Å². The van der Waals surface area contributed by atoms with Gasteiger partial charge in [-0.1, -0.05) is 12.0 Å². The minimum atomic E-state index is 0. The Kier molecular flexibility index (Phi) is 5.66. The zero-order valence-electron chi connectivity index (χ0n) is 6.22. The first-order chi connectivity index (χ1) is 4.34. The third-order valence-corrected chi connectivity index (χ3v) is 1.82. The van der Waals surface area contributed by atoms with E-state index in [0.717, 1.165) is 13.0 Å². The van der Waals surface area contributed by atoms with Crippen LogP contribution in [0, 0.1) is 25.7 Å². The minimum Gasteiger partial charge on any atom is -0.391 e. The van der Waals surface area contributed by atoms with Crippen LogP contribution in [0.25, 0.3) is 0 Å². The van der Waals surface area contributed by atoms with Gasteiger partial charge in [0.1, 0.15) is 0 Å². The van der Waals surface area contributed by atoms with Crippen molar-refractivity contribution in [1.29, 1.82) is 0 Å². The monoisotopic (exact) mass is 212 g/mol. The summed E-state index contributed by atoms with van der Waals surface area (Å²) >= 11 is 0. The molecule has 0 saturated heterocycles. The molecule has 10 heavy (non-hydrogen) atoms. The van der Waals surface area contributed by atoms with Crippen LogP contribution >= 0.6 is 0 Å². The molecule has 0 amide bonds. The number of rotatable bonds is 1. The van der Waals surface area contributed by atoms with E-state index in [1.54, 1.807) is 0 Å². The van der Waals surface area contributed by atoms with Crippen molar-refractivity contribution in [3.05, 3.63) is 26.1 Å². The molecule has 2 unspecified atom stereocenters. The van der Waals surface area contributed by atoms with Gasteiger partial charge in [0.05, 0.1) is 0 Å². The second kappa shape index (κ2) is 5.31. The Labute approximate surface area is 88.5 Å². The molecule has 0 fully saturated rings. The van der Waals surface area contributed by atoms with E-state index < -0.39 is 0 Å². The molecule has 1 radical (unpaired) electrons. The summed E-state index contributed by atoms with van der Waals surface area (Å²) in [6.45, 7) is 8.86. The summed E-state index contributed by atoms with van der Waals surface area (Å²) in [5.41, 5.74) is 0. The predicted octanol–water partition coefficient (Wildman–Crippen LogP) is 1.39. The van der Waals surface area contributed by atoms with Crippen molar-refractivity contribution < 1.29 is 32.7 Å². The molecule has 0 aliphatic carbocycles. The largest absolute Gasteiger partial charge is 0.391 e. The quantitative estimate of drug-likeness (QED) is 0.647. The second-order valence-corrected chi connectivity index (χ2v) is 2.48.